The first-order chi connectivity index (χ1) is 18.7. The SMILES string of the molecule is CC(OC(=O)c1c(-c2ccc(Cl)cc2)c2ccccc2c(=O)n1C)C(=O)Nc1nc(-c2ccc(Br)cc2)cs1. The van der Waals surface area contributed by atoms with Crippen LogP contribution in [0.1, 0.15) is 17.4 Å². The fourth-order valence-electron chi connectivity index (χ4n) is 4.17. The minimum atomic E-state index is -1.16. The number of hydrogen-bond acceptors (Lipinski definition) is 6. The number of aromatic nitrogens is 2. The van der Waals surface area contributed by atoms with Crippen LogP contribution in [0.4, 0.5) is 5.13 Å². The van der Waals surface area contributed by atoms with Crippen molar-refractivity contribution in [2.24, 2.45) is 7.05 Å². The summed E-state index contributed by atoms with van der Waals surface area (Å²) < 4.78 is 7.79. The number of halogens is 2. The van der Waals surface area contributed by atoms with E-state index in [9.17, 15) is 14.4 Å². The fourth-order valence-corrected chi connectivity index (χ4v) is 5.29. The van der Waals surface area contributed by atoms with E-state index in [1.165, 1.54) is 29.9 Å². The molecule has 0 aliphatic carbocycles. The van der Waals surface area contributed by atoms with E-state index in [2.05, 4.69) is 26.2 Å². The monoisotopic (exact) mass is 621 g/mol. The van der Waals surface area contributed by atoms with Crippen LogP contribution in [0.15, 0.2) is 87.4 Å². The molecule has 2 aromatic heterocycles. The number of nitrogens with one attached hydrogen (secondary N) is 1. The van der Waals surface area contributed by atoms with E-state index in [0.717, 1.165) is 10.0 Å². The Morgan fingerprint density at radius 1 is 1.00 bits per heavy atom. The van der Waals surface area contributed by atoms with Crippen LogP contribution in [0.3, 0.4) is 0 Å². The Hall–Kier alpha value is -3.79. The summed E-state index contributed by atoms with van der Waals surface area (Å²) in [5.41, 5.74) is 2.50. The lowest BCUT2D eigenvalue weighted by Gasteiger charge is -2.18. The van der Waals surface area contributed by atoms with Crippen LogP contribution in [-0.4, -0.2) is 27.5 Å². The second-order valence-electron chi connectivity index (χ2n) is 8.72. The molecule has 10 heteroatoms. The lowest BCUT2D eigenvalue weighted by atomic mass is 9.96. The predicted molar refractivity (Wildman–Crippen MR) is 158 cm³/mol. The first-order valence-electron chi connectivity index (χ1n) is 11.8. The van der Waals surface area contributed by atoms with Gasteiger partial charge < -0.3 is 9.30 Å². The number of hydrogen-bond donors (Lipinski definition) is 1. The maximum Gasteiger partial charge on any atom is 0.356 e. The van der Waals surface area contributed by atoms with Crippen molar-refractivity contribution in [3.8, 4) is 22.4 Å². The van der Waals surface area contributed by atoms with Crippen molar-refractivity contribution in [3.05, 3.63) is 104 Å². The Balaban J connectivity index is 1.42. The van der Waals surface area contributed by atoms with Crippen molar-refractivity contribution in [2.75, 3.05) is 5.32 Å². The molecule has 0 spiro atoms. The maximum absolute atomic E-state index is 13.5. The van der Waals surface area contributed by atoms with Crippen LogP contribution in [0.5, 0.6) is 0 Å². The Bertz CT molecular complexity index is 1760. The van der Waals surface area contributed by atoms with Gasteiger partial charge in [0.15, 0.2) is 11.2 Å². The molecule has 1 amide bonds. The van der Waals surface area contributed by atoms with Gasteiger partial charge in [-0.25, -0.2) is 9.78 Å². The Morgan fingerprint density at radius 2 is 1.64 bits per heavy atom. The van der Waals surface area contributed by atoms with Gasteiger partial charge >= 0.3 is 5.97 Å². The number of amides is 1. The third kappa shape index (κ3) is 5.52. The minimum Gasteiger partial charge on any atom is -0.448 e. The smallest absolute Gasteiger partial charge is 0.356 e. The van der Waals surface area contributed by atoms with Crippen LogP contribution in [0.25, 0.3) is 33.2 Å². The fraction of sp³-hybridized carbons (Fsp3) is 0.103. The zero-order chi connectivity index (χ0) is 27.7. The molecule has 7 nitrogen and oxygen atoms in total. The lowest BCUT2D eigenvalue weighted by molar-refractivity contribution is -0.123. The highest BCUT2D eigenvalue weighted by molar-refractivity contribution is 9.10. The second-order valence-corrected chi connectivity index (χ2v) is 10.9. The predicted octanol–water partition coefficient (Wildman–Crippen LogP) is 6.93. The van der Waals surface area contributed by atoms with Crippen molar-refractivity contribution in [3.63, 3.8) is 0 Å². The van der Waals surface area contributed by atoms with E-state index in [4.69, 9.17) is 16.3 Å². The summed E-state index contributed by atoms with van der Waals surface area (Å²) in [4.78, 5) is 44.0. The van der Waals surface area contributed by atoms with Gasteiger partial charge in [-0.05, 0) is 48.2 Å². The van der Waals surface area contributed by atoms with Gasteiger partial charge in [0, 0.05) is 38.4 Å². The molecule has 0 saturated heterocycles. The third-order valence-electron chi connectivity index (χ3n) is 6.16. The third-order valence-corrected chi connectivity index (χ3v) is 7.70. The quantitative estimate of drug-likeness (QED) is 0.208. The topological polar surface area (TPSA) is 90.3 Å². The molecule has 5 aromatic rings. The number of anilines is 1. The highest BCUT2D eigenvalue weighted by atomic mass is 79.9. The van der Waals surface area contributed by atoms with Gasteiger partial charge in [0.1, 0.15) is 5.69 Å². The number of esters is 1. The van der Waals surface area contributed by atoms with Crippen molar-refractivity contribution >= 4 is 66.6 Å². The molecular formula is C29H21BrClN3O4S. The van der Waals surface area contributed by atoms with E-state index in [1.54, 1.807) is 48.5 Å². The summed E-state index contributed by atoms with van der Waals surface area (Å²) in [7, 11) is 1.51. The molecule has 0 saturated carbocycles. The van der Waals surface area contributed by atoms with E-state index >= 15 is 0 Å². The number of fused-ring (bicyclic) bond motifs is 1. The molecule has 196 valence electrons. The zero-order valence-corrected chi connectivity index (χ0v) is 23.9. The number of benzene rings is 3. The standard InChI is InChI=1S/C29H21BrClN3O4S/c1-16(26(35)33-29-32-23(15-39-29)17-7-11-19(30)12-8-17)38-28(37)25-24(18-9-13-20(31)14-10-18)21-5-3-4-6-22(21)27(36)34(25)2/h3-16H,1-2H3,(H,32,33,35). The molecule has 1 unspecified atom stereocenters. The minimum absolute atomic E-state index is 0.0347. The van der Waals surface area contributed by atoms with Crippen LogP contribution < -0.4 is 10.9 Å². The van der Waals surface area contributed by atoms with Crippen molar-refractivity contribution in [1.82, 2.24) is 9.55 Å². The average molecular weight is 623 g/mol. The van der Waals surface area contributed by atoms with E-state index in [1.807, 2.05) is 29.6 Å². The summed E-state index contributed by atoms with van der Waals surface area (Å²) in [5, 5.41) is 6.50. The van der Waals surface area contributed by atoms with Gasteiger partial charge in [0.05, 0.1) is 5.69 Å². The Morgan fingerprint density at radius 3 is 2.33 bits per heavy atom. The van der Waals surface area contributed by atoms with Gasteiger partial charge in [-0.15, -0.1) is 11.3 Å². The molecule has 0 bridgehead atoms. The number of rotatable bonds is 6. The van der Waals surface area contributed by atoms with E-state index in [-0.39, 0.29) is 11.3 Å². The first kappa shape index (κ1) is 26.8. The second kappa shape index (κ2) is 11.1. The Kier molecular flexibility index (Phi) is 7.65. The largest absolute Gasteiger partial charge is 0.448 e. The molecular weight excluding hydrogens is 602 g/mol. The molecule has 1 atom stereocenters. The molecule has 1 N–H and O–H groups in total. The number of carbonyl (C=O) groups excluding carboxylic acids is 2. The molecule has 0 aliphatic rings. The number of pyridine rings is 1. The zero-order valence-electron chi connectivity index (χ0n) is 20.8. The average Bonchev–Trinajstić information content (AvgIpc) is 3.39. The van der Waals surface area contributed by atoms with Gasteiger partial charge in [-0.3, -0.25) is 14.9 Å². The summed E-state index contributed by atoms with van der Waals surface area (Å²) >= 11 is 10.8. The number of ether oxygens (including phenoxy) is 1. The molecule has 0 aliphatic heterocycles. The molecule has 5 rings (SSSR count). The maximum atomic E-state index is 13.5. The van der Waals surface area contributed by atoms with Gasteiger partial charge in [0.2, 0.25) is 0 Å². The van der Waals surface area contributed by atoms with E-state index < -0.39 is 18.0 Å². The van der Waals surface area contributed by atoms with E-state index in [0.29, 0.717) is 37.7 Å². The molecule has 0 fully saturated rings. The van der Waals surface area contributed by atoms with Crippen molar-refractivity contribution < 1.29 is 14.3 Å². The lowest BCUT2D eigenvalue weighted by Crippen LogP contribution is -2.32. The highest BCUT2D eigenvalue weighted by Crippen LogP contribution is 2.32. The molecule has 0 radical (unpaired) electrons. The highest BCUT2D eigenvalue weighted by Gasteiger charge is 2.27. The van der Waals surface area contributed by atoms with Gasteiger partial charge in [0.25, 0.3) is 11.5 Å². The number of thiazole rings is 1. The first-order valence-corrected chi connectivity index (χ1v) is 13.9. The molecule has 3 aromatic carbocycles. The van der Waals surface area contributed by atoms with Gasteiger partial charge in [-0.1, -0.05) is 70.0 Å². The molecule has 39 heavy (non-hydrogen) atoms. The normalized spacial score (nSPS) is 11.8. The number of nitrogens with zero attached hydrogens (tertiary/aromatic N) is 2. The van der Waals surface area contributed by atoms with Gasteiger partial charge in [-0.2, -0.15) is 0 Å². The molecule has 2 heterocycles. The van der Waals surface area contributed by atoms with Crippen LogP contribution in [-0.2, 0) is 16.6 Å². The summed E-state index contributed by atoms with van der Waals surface area (Å²) in [6, 6.07) is 21.7. The van der Waals surface area contributed by atoms with Crippen molar-refractivity contribution in [2.45, 2.75) is 13.0 Å². The van der Waals surface area contributed by atoms with Crippen LogP contribution >= 0.6 is 38.9 Å². The number of carbonyl (C=O) groups is 2. The van der Waals surface area contributed by atoms with Crippen LogP contribution in [0.2, 0.25) is 5.02 Å². The van der Waals surface area contributed by atoms with Crippen LogP contribution in [0, 0.1) is 0 Å². The van der Waals surface area contributed by atoms with Crippen molar-refractivity contribution in [1.29, 1.82) is 0 Å². The summed E-state index contributed by atoms with van der Waals surface area (Å²) in [6.07, 6.45) is -1.16. The summed E-state index contributed by atoms with van der Waals surface area (Å²) in [5.74, 6) is -1.35. The Labute approximate surface area is 241 Å². The summed E-state index contributed by atoms with van der Waals surface area (Å²) in [6.45, 7) is 1.47.